The van der Waals surface area contributed by atoms with Crippen LogP contribution in [0.15, 0.2) is 48.5 Å². The molecule has 0 saturated carbocycles. The van der Waals surface area contributed by atoms with Gasteiger partial charge in [0.25, 0.3) is 0 Å². The minimum absolute atomic E-state index is 0.0772. The van der Waals surface area contributed by atoms with Gasteiger partial charge in [-0.25, -0.2) is 4.79 Å². The zero-order chi connectivity index (χ0) is 22.2. The summed E-state index contributed by atoms with van der Waals surface area (Å²) in [5.74, 6) is 1.23. The third kappa shape index (κ3) is 6.01. The van der Waals surface area contributed by atoms with Gasteiger partial charge in [-0.15, -0.1) is 0 Å². The van der Waals surface area contributed by atoms with E-state index in [1.807, 2.05) is 56.3 Å². The van der Waals surface area contributed by atoms with Crippen LogP contribution in [0, 0.1) is 6.92 Å². The number of hydrogen-bond acceptors (Lipinski definition) is 4. The number of anilines is 1. The van der Waals surface area contributed by atoms with Gasteiger partial charge in [0, 0.05) is 37.9 Å². The van der Waals surface area contributed by atoms with E-state index >= 15 is 0 Å². The third-order valence-electron chi connectivity index (χ3n) is 5.05. The Morgan fingerprint density at radius 2 is 1.77 bits per heavy atom. The Labute approximate surface area is 183 Å². The monoisotopic (exact) mass is 423 g/mol. The van der Waals surface area contributed by atoms with Crippen molar-refractivity contribution in [1.29, 1.82) is 0 Å². The predicted molar refractivity (Wildman–Crippen MR) is 122 cm³/mol. The normalized spacial score (nSPS) is 13.9. The zero-order valence-electron chi connectivity index (χ0n) is 18.3. The molecule has 0 bridgehead atoms. The number of rotatable bonds is 6. The van der Waals surface area contributed by atoms with Crippen molar-refractivity contribution >= 4 is 23.7 Å². The van der Waals surface area contributed by atoms with Crippen LogP contribution in [0.3, 0.4) is 0 Å². The summed E-state index contributed by atoms with van der Waals surface area (Å²) in [5, 5.41) is 2.91. The maximum atomic E-state index is 12.6. The van der Waals surface area contributed by atoms with Gasteiger partial charge in [-0.2, -0.15) is 0 Å². The molecule has 7 heteroatoms. The van der Waals surface area contributed by atoms with Crippen LogP contribution in [-0.2, 0) is 4.79 Å². The topological polar surface area (TPSA) is 71.1 Å². The molecule has 2 aromatic carbocycles. The second-order valence-electron chi connectivity index (χ2n) is 7.29. The first-order valence-corrected chi connectivity index (χ1v) is 10.4. The number of amides is 3. The lowest BCUT2D eigenvalue weighted by Gasteiger charge is -2.34. The summed E-state index contributed by atoms with van der Waals surface area (Å²) in [6, 6.07) is 13.1. The number of ether oxygens (including phenoxy) is 2. The SMILES string of the molecule is CCOc1ccc(/C=C/C(=O)N2CCN(C(=O)Nc3cccc(C)c3)CC2)cc1OC. The Kier molecular flexibility index (Phi) is 7.54. The largest absolute Gasteiger partial charge is 0.493 e. The number of carbonyl (C=O) groups excluding carboxylic acids is 2. The number of piperazine rings is 1. The van der Waals surface area contributed by atoms with Crippen molar-refractivity contribution in [3.63, 3.8) is 0 Å². The van der Waals surface area contributed by atoms with E-state index in [1.165, 1.54) is 0 Å². The molecule has 1 N–H and O–H groups in total. The summed E-state index contributed by atoms with van der Waals surface area (Å²) in [6.45, 7) is 6.43. The molecule has 1 saturated heterocycles. The summed E-state index contributed by atoms with van der Waals surface area (Å²) in [4.78, 5) is 28.5. The van der Waals surface area contributed by atoms with E-state index in [0.29, 0.717) is 44.3 Å². The minimum Gasteiger partial charge on any atom is -0.493 e. The molecule has 0 atom stereocenters. The number of urea groups is 1. The van der Waals surface area contributed by atoms with Crippen molar-refractivity contribution in [3.05, 3.63) is 59.7 Å². The van der Waals surface area contributed by atoms with Gasteiger partial charge in [0.05, 0.1) is 13.7 Å². The first kappa shape index (κ1) is 22.2. The second kappa shape index (κ2) is 10.5. The van der Waals surface area contributed by atoms with E-state index in [4.69, 9.17) is 9.47 Å². The summed E-state index contributed by atoms with van der Waals surface area (Å²) >= 11 is 0. The van der Waals surface area contributed by atoms with Gasteiger partial charge in [-0.05, 0) is 55.3 Å². The predicted octanol–water partition coefficient (Wildman–Crippen LogP) is 3.79. The van der Waals surface area contributed by atoms with Crippen molar-refractivity contribution in [2.45, 2.75) is 13.8 Å². The molecule has 0 aromatic heterocycles. The molecule has 1 aliphatic heterocycles. The fourth-order valence-corrected chi connectivity index (χ4v) is 3.39. The van der Waals surface area contributed by atoms with Crippen LogP contribution in [0.5, 0.6) is 11.5 Å². The highest BCUT2D eigenvalue weighted by molar-refractivity contribution is 5.92. The van der Waals surface area contributed by atoms with E-state index in [1.54, 1.807) is 29.1 Å². The number of carbonyl (C=O) groups is 2. The van der Waals surface area contributed by atoms with Crippen LogP contribution >= 0.6 is 0 Å². The second-order valence-corrected chi connectivity index (χ2v) is 7.29. The Bertz CT molecular complexity index is 950. The Morgan fingerprint density at radius 3 is 2.45 bits per heavy atom. The lowest BCUT2D eigenvalue weighted by atomic mass is 10.2. The Morgan fingerprint density at radius 1 is 1.03 bits per heavy atom. The number of methoxy groups -OCH3 is 1. The smallest absolute Gasteiger partial charge is 0.321 e. The lowest BCUT2D eigenvalue weighted by Crippen LogP contribution is -2.51. The first-order chi connectivity index (χ1) is 15.0. The molecule has 3 amide bonds. The van der Waals surface area contributed by atoms with Crippen LogP contribution in [0.4, 0.5) is 10.5 Å². The van der Waals surface area contributed by atoms with Gasteiger partial charge < -0.3 is 24.6 Å². The van der Waals surface area contributed by atoms with Crippen molar-refractivity contribution in [3.8, 4) is 11.5 Å². The standard InChI is InChI=1S/C24H29N3O4/c1-4-31-21-10-8-19(17-22(21)30-3)9-11-23(28)26-12-14-27(15-13-26)24(29)25-20-7-5-6-18(2)16-20/h5-11,16-17H,4,12-15H2,1-3H3,(H,25,29)/b11-9+. The van der Waals surface area contributed by atoms with Crippen molar-refractivity contribution in [2.75, 3.05) is 45.2 Å². The first-order valence-electron chi connectivity index (χ1n) is 10.4. The maximum absolute atomic E-state index is 12.6. The van der Waals surface area contributed by atoms with Crippen LogP contribution in [0.25, 0.3) is 6.08 Å². The average Bonchev–Trinajstić information content (AvgIpc) is 2.78. The van der Waals surface area contributed by atoms with Crippen molar-refractivity contribution in [1.82, 2.24) is 9.80 Å². The summed E-state index contributed by atoms with van der Waals surface area (Å²) < 4.78 is 10.9. The zero-order valence-corrected chi connectivity index (χ0v) is 18.3. The summed E-state index contributed by atoms with van der Waals surface area (Å²) in [6.07, 6.45) is 3.31. The summed E-state index contributed by atoms with van der Waals surface area (Å²) in [5.41, 5.74) is 2.71. The lowest BCUT2D eigenvalue weighted by molar-refractivity contribution is -0.127. The fraction of sp³-hybridized carbons (Fsp3) is 0.333. The molecule has 0 aliphatic carbocycles. The third-order valence-corrected chi connectivity index (χ3v) is 5.05. The van der Waals surface area contributed by atoms with Gasteiger partial charge in [0.15, 0.2) is 11.5 Å². The number of hydrogen-bond donors (Lipinski definition) is 1. The number of nitrogens with zero attached hydrogens (tertiary/aromatic N) is 2. The molecule has 1 aliphatic rings. The van der Waals surface area contributed by atoms with E-state index < -0.39 is 0 Å². The minimum atomic E-state index is -0.144. The summed E-state index contributed by atoms with van der Waals surface area (Å²) in [7, 11) is 1.59. The molecular formula is C24H29N3O4. The van der Waals surface area contributed by atoms with E-state index in [2.05, 4.69) is 5.32 Å². The highest BCUT2D eigenvalue weighted by atomic mass is 16.5. The molecule has 7 nitrogen and oxygen atoms in total. The molecule has 0 unspecified atom stereocenters. The number of benzene rings is 2. The van der Waals surface area contributed by atoms with E-state index in [9.17, 15) is 9.59 Å². The van der Waals surface area contributed by atoms with Crippen LogP contribution < -0.4 is 14.8 Å². The van der Waals surface area contributed by atoms with Crippen LogP contribution in [0.2, 0.25) is 0 Å². The van der Waals surface area contributed by atoms with Crippen molar-refractivity contribution in [2.24, 2.45) is 0 Å². The number of nitrogens with one attached hydrogen (secondary N) is 1. The average molecular weight is 424 g/mol. The van der Waals surface area contributed by atoms with Gasteiger partial charge >= 0.3 is 6.03 Å². The molecule has 0 radical (unpaired) electrons. The van der Waals surface area contributed by atoms with Crippen LogP contribution in [-0.4, -0.2) is 61.6 Å². The molecule has 1 heterocycles. The van der Waals surface area contributed by atoms with Gasteiger partial charge in [-0.1, -0.05) is 18.2 Å². The molecule has 2 aromatic rings. The quantitative estimate of drug-likeness (QED) is 0.718. The fourth-order valence-electron chi connectivity index (χ4n) is 3.39. The van der Waals surface area contributed by atoms with E-state index in [0.717, 1.165) is 16.8 Å². The maximum Gasteiger partial charge on any atom is 0.321 e. The molecule has 31 heavy (non-hydrogen) atoms. The van der Waals surface area contributed by atoms with Crippen molar-refractivity contribution < 1.29 is 19.1 Å². The molecule has 1 fully saturated rings. The van der Waals surface area contributed by atoms with E-state index in [-0.39, 0.29) is 11.9 Å². The van der Waals surface area contributed by atoms with Gasteiger partial charge in [-0.3, -0.25) is 4.79 Å². The number of aryl methyl sites for hydroxylation is 1. The van der Waals surface area contributed by atoms with Crippen LogP contribution in [0.1, 0.15) is 18.1 Å². The van der Waals surface area contributed by atoms with Gasteiger partial charge in [0.1, 0.15) is 0 Å². The molecular weight excluding hydrogens is 394 g/mol. The van der Waals surface area contributed by atoms with Gasteiger partial charge in [0.2, 0.25) is 5.91 Å². The Balaban J connectivity index is 1.52. The highest BCUT2D eigenvalue weighted by Gasteiger charge is 2.23. The highest BCUT2D eigenvalue weighted by Crippen LogP contribution is 2.28. The Hall–Kier alpha value is -3.48. The molecule has 0 spiro atoms. The molecule has 164 valence electrons. The molecule has 3 rings (SSSR count).